The van der Waals surface area contributed by atoms with Crippen LogP contribution in [0.1, 0.15) is 24.0 Å². The molecule has 1 saturated heterocycles. The Kier molecular flexibility index (Phi) is 5.48. The molecule has 1 amide bonds. The largest absolute Gasteiger partial charge is 0.480 e. The number of rotatable bonds is 5. The van der Waals surface area contributed by atoms with Crippen LogP contribution in [-0.2, 0) is 11.3 Å². The zero-order valence-electron chi connectivity index (χ0n) is 14.7. The van der Waals surface area contributed by atoms with E-state index in [9.17, 15) is 4.79 Å². The van der Waals surface area contributed by atoms with Gasteiger partial charge in [-0.25, -0.2) is 0 Å². The van der Waals surface area contributed by atoms with Crippen LogP contribution in [-0.4, -0.2) is 36.1 Å². The van der Waals surface area contributed by atoms with Gasteiger partial charge in [-0.3, -0.25) is 9.78 Å². The molecule has 0 atom stereocenters. The number of aryl methyl sites for hydroxylation is 1. The van der Waals surface area contributed by atoms with Gasteiger partial charge in [-0.2, -0.15) is 4.98 Å². The van der Waals surface area contributed by atoms with E-state index < -0.39 is 0 Å². The summed E-state index contributed by atoms with van der Waals surface area (Å²) in [6.45, 7) is 4.23. The molecule has 0 aliphatic carbocycles. The summed E-state index contributed by atoms with van der Waals surface area (Å²) >= 11 is 0. The minimum absolute atomic E-state index is 0.0558. The van der Waals surface area contributed by atoms with Crippen molar-refractivity contribution >= 4 is 11.7 Å². The van der Waals surface area contributed by atoms with Crippen molar-refractivity contribution in [3.05, 3.63) is 47.8 Å². The monoisotopic (exact) mass is 340 g/mol. The summed E-state index contributed by atoms with van der Waals surface area (Å²) in [5.74, 6) is 1.51. The predicted molar refractivity (Wildman–Crippen MR) is 96.5 cm³/mol. The Morgan fingerprint density at radius 3 is 2.64 bits per heavy atom. The Morgan fingerprint density at radius 2 is 1.96 bits per heavy atom. The zero-order valence-corrected chi connectivity index (χ0v) is 14.7. The molecule has 2 aromatic rings. The molecule has 6 nitrogen and oxygen atoms in total. The highest BCUT2D eigenvalue weighted by Gasteiger charge is 2.25. The fraction of sp³-hybridized carbons (Fsp3) is 0.421. The van der Waals surface area contributed by atoms with Crippen LogP contribution in [0.5, 0.6) is 5.88 Å². The SMILES string of the molecule is COc1cncc(N2CCC(C(=O)NCc3ccc(C)cc3)CC2)n1. The topological polar surface area (TPSA) is 67.3 Å². The second-order valence-corrected chi connectivity index (χ2v) is 6.38. The Bertz CT molecular complexity index is 710. The Balaban J connectivity index is 1.49. The van der Waals surface area contributed by atoms with Crippen molar-refractivity contribution < 1.29 is 9.53 Å². The average molecular weight is 340 g/mol. The minimum Gasteiger partial charge on any atom is -0.480 e. The number of hydrogen-bond donors (Lipinski definition) is 1. The van der Waals surface area contributed by atoms with E-state index in [4.69, 9.17) is 4.74 Å². The summed E-state index contributed by atoms with van der Waals surface area (Å²) < 4.78 is 5.12. The second kappa shape index (κ2) is 7.96. The van der Waals surface area contributed by atoms with E-state index in [1.54, 1.807) is 19.5 Å². The van der Waals surface area contributed by atoms with Crippen molar-refractivity contribution in [2.75, 3.05) is 25.1 Å². The van der Waals surface area contributed by atoms with Crippen LogP contribution >= 0.6 is 0 Å². The van der Waals surface area contributed by atoms with Gasteiger partial charge < -0.3 is 15.0 Å². The first-order valence-electron chi connectivity index (χ1n) is 8.60. The number of carbonyl (C=O) groups is 1. The van der Waals surface area contributed by atoms with Gasteiger partial charge in [-0.05, 0) is 25.3 Å². The van der Waals surface area contributed by atoms with Crippen LogP contribution < -0.4 is 15.0 Å². The van der Waals surface area contributed by atoms with Crippen molar-refractivity contribution in [1.29, 1.82) is 0 Å². The quantitative estimate of drug-likeness (QED) is 0.905. The zero-order chi connectivity index (χ0) is 17.6. The highest BCUT2D eigenvalue weighted by molar-refractivity contribution is 5.79. The van der Waals surface area contributed by atoms with Gasteiger partial charge in [0, 0.05) is 25.6 Å². The number of carbonyl (C=O) groups excluding carboxylic acids is 1. The number of methoxy groups -OCH3 is 1. The highest BCUT2D eigenvalue weighted by Crippen LogP contribution is 2.22. The van der Waals surface area contributed by atoms with Crippen molar-refractivity contribution in [3.63, 3.8) is 0 Å². The highest BCUT2D eigenvalue weighted by atomic mass is 16.5. The molecule has 2 heterocycles. The maximum absolute atomic E-state index is 12.4. The molecule has 1 aliphatic rings. The average Bonchev–Trinajstić information content (AvgIpc) is 2.67. The van der Waals surface area contributed by atoms with Crippen LogP contribution in [0.2, 0.25) is 0 Å². The smallest absolute Gasteiger partial charge is 0.233 e. The van der Waals surface area contributed by atoms with Crippen LogP contribution in [0.15, 0.2) is 36.7 Å². The number of piperidine rings is 1. The fourth-order valence-electron chi connectivity index (χ4n) is 3.00. The van der Waals surface area contributed by atoms with Crippen LogP contribution in [0, 0.1) is 12.8 Å². The molecule has 0 unspecified atom stereocenters. The normalized spacial score (nSPS) is 15.0. The molecule has 1 aromatic heterocycles. The van der Waals surface area contributed by atoms with Gasteiger partial charge in [0.25, 0.3) is 0 Å². The summed E-state index contributed by atoms with van der Waals surface area (Å²) in [6, 6.07) is 8.24. The van der Waals surface area contributed by atoms with Crippen LogP contribution in [0.3, 0.4) is 0 Å². The third kappa shape index (κ3) is 4.47. The number of nitrogens with one attached hydrogen (secondary N) is 1. The van der Waals surface area contributed by atoms with E-state index in [0.29, 0.717) is 12.4 Å². The van der Waals surface area contributed by atoms with Crippen molar-refractivity contribution in [1.82, 2.24) is 15.3 Å². The lowest BCUT2D eigenvalue weighted by molar-refractivity contribution is -0.125. The molecule has 25 heavy (non-hydrogen) atoms. The molecule has 1 fully saturated rings. The lowest BCUT2D eigenvalue weighted by atomic mass is 9.96. The maximum atomic E-state index is 12.4. The summed E-state index contributed by atoms with van der Waals surface area (Å²) in [6.07, 6.45) is 4.96. The van der Waals surface area contributed by atoms with Gasteiger partial charge in [0.1, 0.15) is 0 Å². The second-order valence-electron chi connectivity index (χ2n) is 6.38. The Morgan fingerprint density at radius 1 is 1.24 bits per heavy atom. The summed E-state index contributed by atoms with van der Waals surface area (Å²) in [5.41, 5.74) is 2.35. The number of benzene rings is 1. The summed E-state index contributed by atoms with van der Waals surface area (Å²) in [5, 5.41) is 3.06. The van der Waals surface area contributed by atoms with Crippen molar-refractivity contribution in [3.8, 4) is 5.88 Å². The minimum atomic E-state index is 0.0558. The maximum Gasteiger partial charge on any atom is 0.233 e. The fourth-order valence-corrected chi connectivity index (χ4v) is 3.00. The number of anilines is 1. The molecule has 0 saturated carbocycles. The molecule has 3 rings (SSSR count). The van der Waals surface area contributed by atoms with E-state index in [1.807, 2.05) is 0 Å². The lowest BCUT2D eigenvalue weighted by Crippen LogP contribution is -2.40. The van der Waals surface area contributed by atoms with E-state index in [2.05, 4.69) is 51.4 Å². The Labute approximate surface area is 148 Å². The number of hydrogen-bond acceptors (Lipinski definition) is 5. The molecule has 0 bridgehead atoms. The van der Waals surface area contributed by atoms with Gasteiger partial charge in [-0.1, -0.05) is 29.8 Å². The molecular formula is C19H24N4O2. The standard InChI is InChI=1S/C19H24N4O2/c1-14-3-5-15(6-4-14)11-21-19(24)16-7-9-23(10-8-16)17-12-20-13-18(22-17)25-2/h3-6,12-13,16H,7-11H2,1-2H3,(H,21,24). The molecule has 0 spiro atoms. The van der Waals surface area contributed by atoms with Crippen molar-refractivity contribution in [2.24, 2.45) is 5.92 Å². The molecule has 1 aromatic carbocycles. The molecule has 1 N–H and O–H groups in total. The van der Waals surface area contributed by atoms with Gasteiger partial charge in [0.05, 0.1) is 19.5 Å². The van der Waals surface area contributed by atoms with E-state index >= 15 is 0 Å². The number of nitrogens with zero attached hydrogens (tertiary/aromatic N) is 3. The van der Waals surface area contributed by atoms with Gasteiger partial charge in [0.15, 0.2) is 5.82 Å². The van der Waals surface area contributed by atoms with E-state index in [-0.39, 0.29) is 11.8 Å². The van der Waals surface area contributed by atoms with Gasteiger partial charge in [-0.15, -0.1) is 0 Å². The van der Waals surface area contributed by atoms with Gasteiger partial charge in [0.2, 0.25) is 11.8 Å². The van der Waals surface area contributed by atoms with Gasteiger partial charge >= 0.3 is 0 Å². The molecule has 6 heteroatoms. The molecule has 1 aliphatic heterocycles. The first kappa shape index (κ1) is 17.2. The summed E-state index contributed by atoms with van der Waals surface area (Å²) in [4.78, 5) is 23.1. The third-order valence-electron chi connectivity index (χ3n) is 4.59. The molecule has 132 valence electrons. The predicted octanol–water partition coefficient (Wildman–Crippen LogP) is 2.33. The van der Waals surface area contributed by atoms with Crippen LogP contribution in [0.25, 0.3) is 0 Å². The molecule has 0 radical (unpaired) electrons. The Hall–Kier alpha value is -2.63. The first-order chi connectivity index (χ1) is 12.2. The van der Waals surface area contributed by atoms with E-state index in [1.165, 1.54) is 5.56 Å². The van der Waals surface area contributed by atoms with Crippen LogP contribution in [0.4, 0.5) is 5.82 Å². The molecular weight excluding hydrogens is 316 g/mol. The lowest BCUT2D eigenvalue weighted by Gasteiger charge is -2.32. The van der Waals surface area contributed by atoms with Crippen molar-refractivity contribution in [2.45, 2.75) is 26.3 Å². The first-order valence-corrected chi connectivity index (χ1v) is 8.60. The number of aromatic nitrogens is 2. The number of ether oxygens (including phenoxy) is 1. The van der Waals surface area contributed by atoms with E-state index in [0.717, 1.165) is 37.3 Å². The summed E-state index contributed by atoms with van der Waals surface area (Å²) in [7, 11) is 1.58. The number of amides is 1. The third-order valence-corrected chi connectivity index (χ3v) is 4.59.